The van der Waals surface area contributed by atoms with Gasteiger partial charge in [-0.15, -0.1) is 0 Å². The minimum atomic E-state index is -0.156. The van der Waals surface area contributed by atoms with Crippen LogP contribution >= 0.6 is 11.6 Å². The molecule has 1 atom stereocenters. The first-order valence-electron chi connectivity index (χ1n) is 10.6. The molecule has 1 saturated heterocycles. The minimum Gasteiger partial charge on any atom is -0.356 e. The predicted molar refractivity (Wildman–Crippen MR) is 120 cm³/mol. The van der Waals surface area contributed by atoms with Crippen LogP contribution in [0.4, 0.5) is 0 Å². The lowest BCUT2D eigenvalue weighted by Crippen LogP contribution is -2.42. The van der Waals surface area contributed by atoms with E-state index in [-0.39, 0.29) is 17.2 Å². The largest absolute Gasteiger partial charge is 0.356 e. The van der Waals surface area contributed by atoms with Gasteiger partial charge < -0.3 is 10.2 Å². The van der Waals surface area contributed by atoms with Crippen LogP contribution in [0.2, 0.25) is 5.02 Å². The third-order valence-electron chi connectivity index (χ3n) is 6.54. The van der Waals surface area contributed by atoms with Gasteiger partial charge in [-0.2, -0.15) is 0 Å². The molecule has 1 aliphatic carbocycles. The zero-order valence-electron chi connectivity index (χ0n) is 17.0. The molecule has 4 rings (SSSR count). The maximum atomic E-state index is 12.4. The molecule has 3 nitrogen and oxygen atoms in total. The van der Waals surface area contributed by atoms with Gasteiger partial charge in [0, 0.05) is 17.0 Å². The van der Waals surface area contributed by atoms with Crippen LogP contribution in [0.25, 0.3) is 6.08 Å². The number of amides is 1. The van der Waals surface area contributed by atoms with Crippen LogP contribution in [0.1, 0.15) is 48.8 Å². The van der Waals surface area contributed by atoms with Gasteiger partial charge in [-0.3, -0.25) is 4.79 Å². The first-order chi connectivity index (χ1) is 14.1. The summed E-state index contributed by atoms with van der Waals surface area (Å²) in [6.45, 7) is 5.94. The summed E-state index contributed by atoms with van der Waals surface area (Å²) < 4.78 is 0. The molecule has 0 saturated carbocycles. The van der Waals surface area contributed by atoms with Crippen molar-refractivity contribution >= 4 is 23.6 Å². The molecule has 2 aromatic carbocycles. The van der Waals surface area contributed by atoms with Gasteiger partial charge in [-0.05, 0) is 74.6 Å². The van der Waals surface area contributed by atoms with Crippen molar-refractivity contribution in [1.82, 2.24) is 10.2 Å². The Bertz CT molecular complexity index is 882. The normalized spacial score (nSPS) is 18.6. The summed E-state index contributed by atoms with van der Waals surface area (Å²) >= 11 is 5.93. The van der Waals surface area contributed by atoms with Crippen molar-refractivity contribution in [2.24, 2.45) is 0 Å². The molecular weight excluding hydrogens is 380 g/mol. The highest BCUT2D eigenvalue weighted by Gasteiger charge is 2.37. The maximum Gasteiger partial charge on any atom is 0.227 e. The third-order valence-corrected chi connectivity index (χ3v) is 6.79. The molecule has 0 bridgehead atoms. The van der Waals surface area contributed by atoms with Gasteiger partial charge in [0.15, 0.2) is 0 Å². The number of hydrogen-bond donors (Lipinski definition) is 1. The Morgan fingerprint density at radius 3 is 2.62 bits per heavy atom. The number of carbonyl (C=O) groups is 1. The van der Waals surface area contributed by atoms with E-state index >= 15 is 0 Å². The monoisotopic (exact) mass is 408 g/mol. The van der Waals surface area contributed by atoms with Gasteiger partial charge in [0.2, 0.25) is 5.91 Å². The van der Waals surface area contributed by atoms with Crippen molar-refractivity contribution in [1.29, 1.82) is 0 Å². The predicted octanol–water partition coefficient (Wildman–Crippen LogP) is 5.01. The van der Waals surface area contributed by atoms with E-state index in [4.69, 9.17) is 11.6 Å². The van der Waals surface area contributed by atoms with Crippen molar-refractivity contribution in [3.8, 4) is 0 Å². The molecule has 1 unspecified atom stereocenters. The highest BCUT2D eigenvalue weighted by Crippen LogP contribution is 2.43. The van der Waals surface area contributed by atoms with E-state index in [1.54, 1.807) is 0 Å². The lowest BCUT2D eigenvalue weighted by atomic mass is 9.74. The molecule has 1 spiro atoms. The van der Waals surface area contributed by atoms with Crippen molar-refractivity contribution in [2.75, 3.05) is 26.2 Å². The molecule has 2 aromatic rings. The van der Waals surface area contributed by atoms with Gasteiger partial charge in [0.1, 0.15) is 0 Å². The maximum absolute atomic E-state index is 12.4. The lowest BCUT2D eigenvalue weighted by molar-refractivity contribution is -0.122. The number of piperidine rings is 1. The van der Waals surface area contributed by atoms with E-state index in [1.807, 2.05) is 31.2 Å². The van der Waals surface area contributed by atoms with Gasteiger partial charge in [-0.25, -0.2) is 0 Å². The summed E-state index contributed by atoms with van der Waals surface area (Å²) in [5, 5.41) is 3.78. The molecule has 4 heteroatoms. The Kier molecular flexibility index (Phi) is 6.07. The summed E-state index contributed by atoms with van der Waals surface area (Å²) in [6.07, 6.45) is 8.06. The second-order valence-electron chi connectivity index (χ2n) is 8.34. The number of fused-ring (bicyclic) bond motifs is 2. The summed E-state index contributed by atoms with van der Waals surface area (Å²) in [5.41, 5.74) is 4.13. The second kappa shape index (κ2) is 8.73. The van der Waals surface area contributed by atoms with Gasteiger partial charge in [0.05, 0.1) is 5.92 Å². The first-order valence-corrected chi connectivity index (χ1v) is 11.0. The summed E-state index contributed by atoms with van der Waals surface area (Å²) in [6, 6.07) is 16.3. The molecule has 0 radical (unpaired) electrons. The Hall–Kier alpha value is -2.10. The molecule has 1 fully saturated rings. The first kappa shape index (κ1) is 20.2. The Balaban J connectivity index is 1.19. The fourth-order valence-corrected chi connectivity index (χ4v) is 4.74. The molecule has 1 N–H and O–H groups in total. The summed E-state index contributed by atoms with van der Waals surface area (Å²) in [7, 11) is 0. The van der Waals surface area contributed by atoms with Crippen LogP contribution in [0.5, 0.6) is 0 Å². The number of halogens is 1. The van der Waals surface area contributed by atoms with Crippen LogP contribution in [-0.2, 0) is 10.2 Å². The molecular formula is C25H29ClN2O. The summed E-state index contributed by atoms with van der Waals surface area (Å²) in [4.78, 5) is 14.9. The summed E-state index contributed by atoms with van der Waals surface area (Å²) in [5.74, 6) is -0.0750. The van der Waals surface area contributed by atoms with E-state index in [0.29, 0.717) is 5.02 Å². The zero-order chi connectivity index (χ0) is 20.3. The number of nitrogens with zero attached hydrogens (tertiary/aromatic N) is 1. The van der Waals surface area contributed by atoms with Crippen LogP contribution < -0.4 is 5.32 Å². The molecule has 152 valence electrons. The Morgan fingerprint density at radius 2 is 1.86 bits per heavy atom. The standard InChI is InChI=1S/C25H29ClN2O/c1-19(20-7-9-22(26)10-8-20)24(29)27-15-4-16-28-17-13-25(14-18-28)12-11-21-5-2-3-6-23(21)25/h2-3,5-12,19H,4,13-18H2,1H3,(H,27,29). The zero-order valence-corrected chi connectivity index (χ0v) is 17.8. The SMILES string of the molecule is CC(C(=O)NCCCN1CCC2(C=Cc3ccccc32)CC1)c1ccc(Cl)cc1. The highest BCUT2D eigenvalue weighted by molar-refractivity contribution is 6.30. The van der Waals surface area contributed by atoms with E-state index < -0.39 is 0 Å². The Labute approximate surface area is 178 Å². The number of hydrogen-bond acceptors (Lipinski definition) is 2. The molecule has 0 aromatic heterocycles. The fourth-order valence-electron chi connectivity index (χ4n) is 4.62. The fraction of sp³-hybridized carbons (Fsp3) is 0.400. The van der Waals surface area contributed by atoms with Crippen molar-refractivity contribution in [2.45, 2.75) is 37.5 Å². The van der Waals surface area contributed by atoms with Crippen LogP contribution in [-0.4, -0.2) is 37.0 Å². The van der Waals surface area contributed by atoms with Crippen LogP contribution in [0.15, 0.2) is 54.6 Å². The van der Waals surface area contributed by atoms with E-state index in [9.17, 15) is 4.79 Å². The molecule has 29 heavy (non-hydrogen) atoms. The molecule has 2 aliphatic rings. The lowest BCUT2D eigenvalue weighted by Gasteiger charge is -2.39. The molecule has 1 amide bonds. The number of nitrogens with one attached hydrogen (secondary N) is 1. The van der Waals surface area contributed by atoms with Crippen LogP contribution in [0, 0.1) is 0 Å². The highest BCUT2D eigenvalue weighted by atomic mass is 35.5. The average Bonchev–Trinajstić information content (AvgIpc) is 3.11. The van der Waals surface area contributed by atoms with Crippen molar-refractivity contribution in [3.63, 3.8) is 0 Å². The van der Waals surface area contributed by atoms with E-state index in [1.165, 1.54) is 24.0 Å². The number of likely N-dealkylation sites (tertiary alicyclic amines) is 1. The van der Waals surface area contributed by atoms with Crippen molar-refractivity contribution < 1.29 is 4.79 Å². The number of benzene rings is 2. The average molecular weight is 409 g/mol. The smallest absolute Gasteiger partial charge is 0.227 e. The van der Waals surface area contributed by atoms with Gasteiger partial charge >= 0.3 is 0 Å². The number of carbonyl (C=O) groups excluding carboxylic acids is 1. The molecule has 1 aliphatic heterocycles. The Morgan fingerprint density at radius 1 is 1.14 bits per heavy atom. The van der Waals surface area contributed by atoms with E-state index in [2.05, 4.69) is 46.6 Å². The van der Waals surface area contributed by atoms with Crippen LogP contribution in [0.3, 0.4) is 0 Å². The quantitative estimate of drug-likeness (QED) is 0.681. The molecule has 1 heterocycles. The third kappa shape index (κ3) is 4.41. The van der Waals surface area contributed by atoms with Crippen molar-refractivity contribution in [3.05, 3.63) is 76.3 Å². The van der Waals surface area contributed by atoms with E-state index in [0.717, 1.165) is 38.2 Å². The van der Waals surface area contributed by atoms with Gasteiger partial charge in [-0.1, -0.05) is 60.2 Å². The minimum absolute atomic E-state index is 0.0811. The second-order valence-corrected chi connectivity index (χ2v) is 8.77. The number of allylic oxidation sites excluding steroid dienone is 1. The van der Waals surface area contributed by atoms with Gasteiger partial charge in [0.25, 0.3) is 0 Å². The topological polar surface area (TPSA) is 32.3 Å². The number of rotatable bonds is 6.